The molecule has 0 aromatic carbocycles. The molecule has 0 fully saturated rings. The van der Waals surface area contributed by atoms with Crippen molar-refractivity contribution in [2.24, 2.45) is 5.10 Å². The van der Waals surface area contributed by atoms with Crippen LogP contribution in [0.25, 0.3) is 0 Å². The molecule has 96 valence electrons. The van der Waals surface area contributed by atoms with Gasteiger partial charge in [-0.05, 0) is 17.9 Å². The number of hydrogen-bond acceptors (Lipinski definition) is 4. The second kappa shape index (κ2) is 5.77. The van der Waals surface area contributed by atoms with Crippen molar-refractivity contribution in [3.05, 3.63) is 22.4 Å². The first-order valence-corrected chi connectivity index (χ1v) is 6.68. The summed E-state index contributed by atoms with van der Waals surface area (Å²) in [5.41, 5.74) is 2.77. The standard InChI is InChI=1S/C12H15N3O2S/c1-15(7-6-9-3-2-8-18-9)12(17)10-4-5-11(16)14-13-10/h2-3,8H,4-7H2,1H3,(H,14,16). The number of hydrazone groups is 1. The normalized spacial score (nSPS) is 14.9. The third-order valence-electron chi connectivity index (χ3n) is 2.77. The molecule has 1 N–H and O–H groups in total. The van der Waals surface area contributed by atoms with Gasteiger partial charge < -0.3 is 4.90 Å². The molecule has 2 heterocycles. The minimum Gasteiger partial charge on any atom is -0.340 e. The molecule has 0 bridgehead atoms. The molecule has 2 amide bonds. The fourth-order valence-corrected chi connectivity index (χ4v) is 2.38. The second-order valence-electron chi connectivity index (χ2n) is 4.15. The minimum absolute atomic E-state index is 0.105. The van der Waals surface area contributed by atoms with Gasteiger partial charge in [-0.3, -0.25) is 9.59 Å². The number of carbonyl (C=O) groups is 2. The second-order valence-corrected chi connectivity index (χ2v) is 5.18. The maximum Gasteiger partial charge on any atom is 0.269 e. The van der Waals surface area contributed by atoms with E-state index in [2.05, 4.69) is 16.6 Å². The van der Waals surface area contributed by atoms with Crippen LogP contribution in [0, 0.1) is 0 Å². The molecule has 1 aromatic rings. The van der Waals surface area contributed by atoms with E-state index in [0.29, 0.717) is 25.1 Å². The van der Waals surface area contributed by atoms with Crippen LogP contribution in [-0.4, -0.2) is 36.0 Å². The van der Waals surface area contributed by atoms with Gasteiger partial charge in [-0.25, -0.2) is 5.43 Å². The van der Waals surface area contributed by atoms with Crippen LogP contribution in [0.1, 0.15) is 17.7 Å². The molecule has 18 heavy (non-hydrogen) atoms. The Morgan fingerprint density at radius 3 is 3.00 bits per heavy atom. The first kappa shape index (κ1) is 12.8. The van der Waals surface area contributed by atoms with Gasteiger partial charge in [0.1, 0.15) is 5.71 Å². The van der Waals surface area contributed by atoms with Crippen molar-refractivity contribution in [2.75, 3.05) is 13.6 Å². The third kappa shape index (κ3) is 3.16. The van der Waals surface area contributed by atoms with Crippen molar-refractivity contribution < 1.29 is 9.59 Å². The van der Waals surface area contributed by atoms with Crippen molar-refractivity contribution in [2.45, 2.75) is 19.3 Å². The van der Waals surface area contributed by atoms with Crippen molar-refractivity contribution in [1.29, 1.82) is 0 Å². The Labute approximate surface area is 109 Å². The van der Waals surface area contributed by atoms with Crippen LogP contribution < -0.4 is 5.43 Å². The quantitative estimate of drug-likeness (QED) is 0.883. The maximum absolute atomic E-state index is 12.0. The van der Waals surface area contributed by atoms with Crippen molar-refractivity contribution in [1.82, 2.24) is 10.3 Å². The summed E-state index contributed by atoms with van der Waals surface area (Å²) in [6.45, 7) is 0.659. The van der Waals surface area contributed by atoms with Gasteiger partial charge in [-0.2, -0.15) is 5.10 Å². The Balaban J connectivity index is 1.87. The van der Waals surface area contributed by atoms with Gasteiger partial charge in [0.2, 0.25) is 5.91 Å². The number of hydrogen-bond donors (Lipinski definition) is 1. The van der Waals surface area contributed by atoms with E-state index in [4.69, 9.17) is 0 Å². The fraction of sp³-hybridized carbons (Fsp3) is 0.417. The summed E-state index contributed by atoms with van der Waals surface area (Å²) in [6, 6.07) is 4.06. The largest absolute Gasteiger partial charge is 0.340 e. The molecule has 2 rings (SSSR count). The van der Waals surface area contributed by atoms with Gasteiger partial charge in [-0.1, -0.05) is 6.07 Å². The van der Waals surface area contributed by atoms with E-state index < -0.39 is 0 Å². The monoisotopic (exact) mass is 265 g/mol. The van der Waals surface area contributed by atoms with E-state index >= 15 is 0 Å². The molecular weight excluding hydrogens is 250 g/mol. The van der Waals surface area contributed by atoms with E-state index in [1.54, 1.807) is 23.3 Å². The van der Waals surface area contributed by atoms with Gasteiger partial charge in [0, 0.05) is 31.3 Å². The Morgan fingerprint density at radius 2 is 2.39 bits per heavy atom. The average Bonchev–Trinajstić information content (AvgIpc) is 2.89. The van der Waals surface area contributed by atoms with Crippen LogP contribution in [0.3, 0.4) is 0 Å². The molecule has 6 heteroatoms. The zero-order chi connectivity index (χ0) is 13.0. The van der Waals surface area contributed by atoms with Crippen LogP contribution in [0.2, 0.25) is 0 Å². The Bertz CT molecular complexity index is 468. The van der Waals surface area contributed by atoms with E-state index in [9.17, 15) is 9.59 Å². The SMILES string of the molecule is CN(CCc1cccs1)C(=O)C1=NNC(=O)CC1. The number of amides is 2. The summed E-state index contributed by atoms with van der Waals surface area (Å²) < 4.78 is 0. The summed E-state index contributed by atoms with van der Waals surface area (Å²) in [4.78, 5) is 25.9. The predicted octanol–water partition coefficient (Wildman–Crippen LogP) is 1.01. The Kier molecular flexibility index (Phi) is 4.09. The van der Waals surface area contributed by atoms with E-state index in [1.807, 2.05) is 11.4 Å². The summed E-state index contributed by atoms with van der Waals surface area (Å²) >= 11 is 1.69. The van der Waals surface area contributed by atoms with E-state index in [1.165, 1.54) is 4.88 Å². The van der Waals surface area contributed by atoms with Crippen LogP contribution in [0.15, 0.2) is 22.6 Å². The Hall–Kier alpha value is -1.69. The van der Waals surface area contributed by atoms with Crippen molar-refractivity contribution in [3.63, 3.8) is 0 Å². The van der Waals surface area contributed by atoms with Gasteiger partial charge in [0.25, 0.3) is 5.91 Å². The lowest BCUT2D eigenvalue weighted by atomic mass is 10.1. The van der Waals surface area contributed by atoms with Crippen LogP contribution in [0.5, 0.6) is 0 Å². The molecule has 1 aliphatic rings. The topological polar surface area (TPSA) is 61.8 Å². The third-order valence-corrected chi connectivity index (χ3v) is 3.71. The van der Waals surface area contributed by atoms with Gasteiger partial charge >= 0.3 is 0 Å². The fourth-order valence-electron chi connectivity index (χ4n) is 1.68. The molecule has 0 unspecified atom stereocenters. The van der Waals surface area contributed by atoms with E-state index in [0.717, 1.165) is 6.42 Å². The summed E-state index contributed by atoms with van der Waals surface area (Å²) in [5.74, 6) is -0.237. The molecule has 0 spiro atoms. The predicted molar refractivity (Wildman–Crippen MR) is 70.5 cm³/mol. The van der Waals surface area contributed by atoms with Gasteiger partial charge in [0.05, 0.1) is 0 Å². The summed E-state index contributed by atoms with van der Waals surface area (Å²) in [7, 11) is 1.76. The molecule has 0 aliphatic carbocycles. The number of nitrogens with one attached hydrogen (secondary N) is 1. The number of likely N-dealkylation sites (N-methyl/N-ethyl adjacent to an activating group) is 1. The maximum atomic E-state index is 12.0. The molecule has 1 aromatic heterocycles. The molecule has 1 aliphatic heterocycles. The lowest BCUT2D eigenvalue weighted by Crippen LogP contribution is -2.38. The highest BCUT2D eigenvalue weighted by Gasteiger charge is 2.21. The first-order chi connectivity index (χ1) is 8.66. The van der Waals surface area contributed by atoms with Crippen LogP contribution in [0.4, 0.5) is 0 Å². The summed E-state index contributed by atoms with van der Waals surface area (Å²) in [6.07, 6.45) is 1.61. The average molecular weight is 265 g/mol. The van der Waals surface area contributed by atoms with Crippen LogP contribution in [-0.2, 0) is 16.0 Å². The lowest BCUT2D eigenvalue weighted by Gasteiger charge is -2.19. The molecule has 0 saturated carbocycles. The molecule has 0 radical (unpaired) electrons. The Morgan fingerprint density at radius 1 is 1.56 bits per heavy atom. The van der Waals surface area contributed by atoms with Crippen LogP contribution >= 0.6 is 11.3 Å². The highest BCUT2D eigenvalue weighted by molar-refractivity contribution is 7.09. The van der Waals surface area contributed by atoms with Crippen molar-refractivity contribution >= 4 is 28.9 Å². The highest BCUT2D eigenvalue weighted by atomic mass is 32.1. The molecular formula is C12H15N3O2S. The first-order valence-electron chi connectivity index (χ1n) is 5.80. The zero-order valence-electron chi connectivity index (χ0n) is 10.2. The van der Waals surface area contributed by atoms with Gasteiger partial charge in [-0.15, -0.1) is 11.3 Å². The van der Waals surface area contributed by atoms with E-state index in [-0.39, 0.29) is 11.8 Å². The number of rotatable bonds is 4. The smallest absolute Gasteiger partial charge is 0.269 e. The zero-order valence-corrected chi connectivity index (χ0v) is 11.0. The molecule has 5 nitrogen and oxygen atoms in total. The number of thiophene rings is 1. The van der Waals surface area contributed by atoms with Gasteiger partial charge in [0.15, 0.2) is 0 Å². The minimum atomic E-state index is -0.132. The number of nitrogens with zero attached hydrogens (tertiary/aromatic N) is 2. The number of carbonyl (C=O) groups excluding carboxylic acids is 2. The van der Waals surface area contributed by atoms with Crippen molar-refractivity contribution in [3.8, 4) is 0 Å². The highest BCUT2D eigenvalue weighted by Crippen LogP contribution is 2.10. The molecule has 0 atom stereocenters. The molecule has 0 saturated heterocycles. The lowest BCUT2D eigenvalue weighted by molar-refractivity contribution is -0.123. The summed E-state index contributed by atoms with van der Waals surface area (Å²) in [5, 5.41) is 5.83.